The summed E-state index contributed by atoms with van der Waals surface area (Å²) < 4.78 is 4.59. The van der Waals surface area contributed by atoms with Crippen molar-refractivity contribution in [3.8, 4) is 0 Å². The summed E-state index contributed by atoms with van der Waals surface area (Å²) in [6.07, 6.45) is 0.990. The van der Waals surface area contributed by atoms with Gasteiger partial charge in [0.05, 0.1) is 7.11 Å². The minimum atomic E-state index is -0.259. The van der Waals surface area contributed by atoms with Crippen LogP contribution in [0.15, 0.2) is 16.8 Å². The van der Waals surface area contributed by atoms with E-state index in [1.807, 2.05) is 0 Å². The predicted octanol–water partition coefficient (Wildman–Crippen LogP) is 1.82. The summed E-state index contributed by atoms with van der Waals surface area (Å²) >= 11 is 4.95. The quantitative estimate of drug-likeness (QED) is 0.494. The van der Waals surface area contributed by atoms with Crippen LogP contribution in [0, 0.1) is 0 Å². The summed E-state index contributed by atoms with van der Waals surface area (Å²) in [5.74, 6) is -0.238. The van der Waals surface area contributed by atoms with Gasteiger partial charge in [-0.25, -0.2) is 0 Å². The van der Waals surface area contributed by atoms with Gasteiger partial charge in [-0.3, -0.25) is 4.79 Å². The second-order valence-corrected chi connectivity index (χ2v) is 4.96. The number of ether oxygens (including phenoxy) is 1. The van der Waals surface area contributed by atoms with E-state index in [2.05, 4.69) is 42.8 Å². The lowest BCUT2D eigenvalue weighted by atomic mass is 10.2. The first-order valence-corrected chi connectivity index (χ1v) is 6.53. The number of carbonyl (C=O) groups excluding carboxylic acids is 1. The molecule has 84 valence electrons. The molecule has 1 aromatic rings. The maximum Gasteiger partial charge on any atom is 0.320 e. The standard InChI is InChI=1S/C10H14BrNO2S/c1-14-10(13)9(11)6-12-4-2-8-3-5-15-7-8/h3,5,7,9,12H,2,4,6H2,1H3. The third-order valence-electron chi connectivity index (χ3n) is 1.95. The number of carbonyl (C=O) groups is 1. The molecule has 1 N–H and O–H groups in total. The molecule has 0 aliphatic heterocycles. The van der Waals surface area contributed by atoms with Crippen molar-refractivity contribution >= 4 is 33.2 Å². The minimum Gasteiger partial charge on any atom is -0.468 e. The molecule has 0 saturated heterocycles. The summed E-state index contributed by atoms with van der Waals surface area (Å²) in [5.41, 5.74) is 1.33. The molecule has 3 nitrogen and oxygen atoms in total. The van der Waals surface area contributed by atoms with E-state index >= 15 is 0 Å². The van der Waals surface area contributed by atoms with E-state index in [1.165, 1.54) is 12.7 Å². The van der Waals surface area contributed by atoms with Crippen molar-refractivity contribution in [1.82, 2.24) is 5.32 Å². The third kappa shape index (κ3) is 4.77. The van der Waals surface area contributed by atoms with Crippen molar-refractivity contribution in [2.45, 2.75) is 11.2 Å². The molecule has 0 saturated carbocycles. The van der Waals surface area contributed by atoms with Gasteiger partial charge in [0.25, 0.3) is 0 Å². The Kier molecular flexibility index (Phi) is 5.90. The smallest absolute Gasteiger partial charge is 0.320 e. The Labute approximate surface area is 102 Å². The average Bonchev–Trinajstić information content (AvgIpc) is 2.75. The number of hydrogen-bond donors (Lipinski definition) is 1. The molecular formula is C10H14BrNO2S. The summed E-state index contributed by atoms with van der Waals surface area (Å²) in [6, 6.07) is 2.11. The topological polar surface area (TPSA) is 38.3 Å². The van der Waals surface area contributed by atoms with Crippen molar-refractivity contribution in [3.05, 3.63) is 22.4 Å². The van der Waals surface area contributed by atoms with Gasteiger partial charge in [0.2, 0.25) is 0 Å². The first-order chi connectivity index (χ1) is 7.24. The monoisotopic (exact) mass is 291 g/mol. The minimum absolute atomic E-state index is 0.238. The van der Waals surface area contributed by atoms with E-state index in [1.54, 1.807) is 11.3 Å². The number of esters is 1. The van der Waals surface area contributed by atoms with E-state index < -0.39 is 0 Å². The van der Waals surface area contributed by atoms with Gasteiger partial charge in [-0.15, -0.1) is 0 Å². The van der Waals surface area contributed by atoms with Crippen LogP contribution < -0.4 is 5.32 Å². The summed E-state index contributed by atoms with van der Waals surface area (Å²) in [6.45, 7) is 1.46. The number of rotatable bonds is 6. The van der Waals surface area contributed by atoms with Crippen molar-refractivity contribution in [1.29, 1.82) is 0 Å². The number of hydrogen-bond acceptors (Lipinski definition) is 4. The van der Waals surface area contributed by atoms with E-state index in [0.717, 1.165) is 13.0 Å². The molecular weight excluding hydrogens is 278 g/mol. The van der Waals surface area contributed by atoms with E-state index in [0.29, 0.717) is 6.54 Å². The van der Waals surface area contributed by atoms with Gasteiger partial charge in [-0.2, -0.15) is 11.3 Å². The van der Waals surface area contributed by atoms with Crippen LogP contribution in [0.25, 0.3) is 0 Å². The Bertz CT molecular complexity index is 290. The Balaban J connectivity index is 2.09. The van der Waals surface area contributed by atoms with Crippen LogP contribution in [0.5, 0.6) is 0 Å². The van der Waals surface area contributed by atoms with Crippen LogP contribution in [0.3, 0.4) is 0 Å². The number of methoxy groups -OCH3 is 1. The zero-order valence-electron chi connectivity index (χ0n) is 8.53. The maximum atomic E-state index is 11.0. The molecule has 1 aromatic heterocycles. The van der Waals surface area contributed by atoms with Gasteiger partial charge in [0, 0.05) is 6.54 Å². The average molecular weight is 292 g/mol. The highest BCUT2D eigenvalue weighted by Gasteiger charge is 2.13. The Morgan fingerprint density at radius 3 is 3.13 bits per heavy atom. The lowest BCUT2D eigenvalue weighted by molar-refractivity contribution is -0.139. The van der Waals surface area contributed by atoms with Crippen LogP contribution >= 0.6 is 27.3 Å². The number of alkyl halides is 1. The zero-order valence-corrected chi connectivity index (χ0v) is 10.9. The highest BCUT2D eigenvalue weighted by atomic mass is 79.9. The first kappa shape index (κ1) is 12.7. The lowest BCUT2D eigenvalue weighted by Gasteiger charge is -2.08. The van der Waals surface area contributed by atoms with Crippen LogP contribution in [-0.4, -0.2) is 31.0 Å². The fraction of sp³-hybridized carbons (Fsp3) is 0.500. The van der Waals surface area contributed by atoms with Crippen molar-refractivity contribution < 1.29 is 9.53 Å². The predicted molar refractivity (Wildman–Crippen MR) is 65.6 cm³/mol. The van der Waals surface area contributed by atoms with E-state index in [4.69, 9.17) is 0 Å². The van der Waals surface area contributed by atoms with E-state index in [9.17, 15) is 4.79 Å². The van der Waals surface area contributed by atoms with Gasteiger partial charge < -0.3 is 10.1 Å². The van der Waals surface area contributed by atoms with E-state index in [-0.39, 0.29) is 10.8 Å². The molecule has 0 aromatic carbocycles. The second kappa shape index (κ2) is 6.98. The normalized spacial score (nSPS) is 12.4. The lowest BCUT2D eigenvalue weighted by Crippen LogP contribution is -2.30. The van der Waals surface area contributed by atoms with Crippen molar-refractivity contribution in [2.75, 3.05) is 20.2 Å². The van der Waals surface area contributed by atoms with Crippen LogP contribution in [0.1, 0.15) is 5.56 Å². The first-order valence-electron chi connectivity index (χ1n) is 4.67. The molecule has 0 fully saturated rings. The van der Waals surface area contributed by atoms with Crippen LogP contribution in [0.4, 0.5) is 0 Å². The molecule has 5 heteroatoms. The largest absolute Gasteiger partial charge is 0.468 e. The fourth-order valence-corrected chi connectivity index (χ4v) is 2.23. The zero-order chi connectivity index (χ0) is 11.1. The Morgan fingerprint density at radius 1 is 1.73 bits per heavy atom. The molecule has 0 bridgehead atoms. The van der Waals surface area contributed by atoms with Gasteiger partial charge >= 0.3 is 5.97 Å². The molecule has 15 heavy (non-hydrogen) atoms. The van der Waals surface area contributed by atoms with Gasteiger partial charge in [-0.05, 0) is 35.4 Å². The molecule has 1 atom stereocenters. The number of thiophene rings is 1. The summed E-state index contributed by atoms with van der Waals surface area (Å²) in [7, 11) is 1.39. The molecule has 1 heterocycles. The second-order valence-electron chi connectivity index (χ2n) is 3.08. The maximum absolute atomic E-state index is 11.0. The molecule has 0 spiro atoms. The molecule has 0 aliphatic rings. The van der Waals surface area contributed by atoms with Gasteiger partial charge in [-0.1, -0.05) is 15.9 Å². The number of halogens is 1. The summed E-state index contributed by atoms with van der Waals surface area (Å²) in [5, 5.41) is 7.39. The molecule has 0 aliphatic carbocycles. The highest BCUT2D eigenvalue weighted by Crippen LogP contribution is 2.06. The Morgan fingerprint density at radius 2 is 2.53 bits per heavy atom. The molecule has 0 radical (unpaired) electrons. The van der Waals surface area contributed by atoms with Gasteiger partial charge in [0.1, 0.15) is 4.83 Å². The molecule has 1 rings (SSSR count). The highest BCUT2D eigenvalue weighted by molar-refractivity contribution is 9.10. The number of nitrogens with one attached hydrogen (secondary N) is 1. The van der Waals surface area contributed by atoms with Crippen LogP contribution in [0.2, 0.25) is 0 Å². The Hall–Kier alpha value is -0.390. The van der Waals surface area contributed by atoms with Gasteiger partial charge in [0.15, 0.2) is 0 Å². The van der Waals surface area contributed by atoms with Crippen molar-refractivity contribution in [3.63, 3.8) is 0 Å². The SMILES string of the molecule is COC(=O)C(Br)CNCCc1ccsc1. The molecule has 1 unspecified atom stereocenters. The fourth-order valence-electron chi connectivity index (χ4n) is 1.11. The van der Waals surface area contributed by atoms with Crippen LogP contribution in [-0.2, 0) is 16.0 Å². The third-order valence-corrected chi connectivity index (χ3v) is 3.38. The van der Waals surface area contributed by atoms with Crippen molar-refractivity contribution in [2.24, 2.45) is 0 Å². The summed E-state index contributed by atoms with van der Waals surface area (Å²) in [4.78, 5) is 10.8. The molecule has 0 amide bonds.